The van der Waals surface area contributed by atoms with Gasteiger partial charge in [-0.25, -0.2) is 18.7 Å². The highest BCUT2D eigenvalue weighted by Crippen LogP contribution is 2.23. The van der Waals surface area contributed by atoms with Crippen molar-refractivity contribution in [2.24, 2.45) is 0 Å². The smallest absolute Gasteiger partial charge is 0.271 e. The third-order valence-corrected chi connectivity index (χ3v) is 4.51. The van der Waals surface area contributed by atoms with Crippen LogP contribution in [0.4, 0.5) is 0 Å². The van der Waals surface area contributed by atoms with Gasteiger partial charge < -0.3 is 0 Å². The normalized spacial score (nSPS) is 11.3. The second-order valence-electron chi connectivity index (χ2n) is 5.12. The molecule has 0 spiro atoms. The van der Waals surface area contributed by atoms with Crippen LogP contribution in [0.5, 0.6) is 0 Å². The SMILES string of the molecule is CCCc1nc(Cl)c2c(n1)n(Cc1ccccc1Cl)c(=O)n2S. The Hall–Kier alpha value is -1.50. The zero-order chi connectivity index (χ0) is 16.6. The molecule has 0 aliphatic carbocycles. The van der Waals surface area contributed by atoms with Crippen LogP contribution in [0.25, 0.3) is 11.2 Å². The Kier molecular flexibility index (Phi) is 4.66. The van der Waals surface area contributed by atoms with E-state index < -0.39 is 0 Å². The van der Waals surface area contributed by atoms with E-state index >= 15 is 0 Å². The molecule has 120 valence electrons. The molecule has 0 N–H and O–H groups in total. The highest BCUT2D eigenvalue weighted by molar-refractivity contribution is 7.78. The monoisotopic (exact) mass is 368 g/mol. The molecule has 23 heavy (non-hydrogen) atoms. The van der Waals surface area contributed by atoms with E-state index in [9.17, 15) is 4.79 Å². The van der Waals surface area contributed by atoms with Gasteiger partial charge in [0.2, 0.25) is 0 Å². The van der Waals surface area contributed by atoms with Crippen LogP contribution in [0.1, 0.15) is 24.7 Å². The third-order valence-electron chi connectivity index (χ3n) is 3.51. The maximum Gasteiger partial charge on any atom is 0.340 e. The van der Waals surface area contributed by atoms with Crippen LogP contribution in [0, 0.1) is 0 Å². The summed E-state index contributed by atoms with van der Waals surface area (Å²) in [4.78, 5) is 21.2. The summed E-state index contributed by atoms with van der Waals surface area (Å²) in [6.07, 6.45) is 1.58. The molecule has 0 bridgehead atoms. The van der Waals surface area contributed by atoms with Crippen LogP contribution < -0.4 is 5.69 Å². The number of benzene rings is 1. The molecule has 1 aromatic carbocycles. The predicted molar refractivity (Wildman–Crippen MR) is 95.7 cm³/mol. The average Bonchev–Trinajstić information content (AvgIpc) is 2.75. The Morgan fingerprint density at radius 3 is 2.65 bits per heavy atom. The number of nitrogens with zero attached hydrogens (tertiary/aromatic N) is 4. The first-order valence-corrected chi connectivity index (χ1v) is 8.28. The quantitative estimate of drug-likeness (QED) is 0.565. The minimum absolute atomic E-state index is 0.225. The van der Waals surface area contributed by atoms with Gasteiger partial charge in [0, 0.05) is 11.4 Å². The maximum atomic E-state index is 12.5. The van der Waals surface area contributed by atoms with Crippen LogP contribution in [-0.2, 0) is 13.0 Å². The topological polar surface area (TPSA) is 52.7 Å². The molecule has 0 unspecified atom stereocenters. The molecule has 3 aromatic rings. The summed E-state index contributed by atoms with van der Waals surface area (Å²) < 4.78 is 2.68. The van der Waals surface area contributed by atoms with Crippen molar-refractivity contribution in [1.82, 2.24) is 18.5 Å². The highest BCUT2D eigenvalue weighted by atomic mass is 35.5. The minimum Gasteiger partial charge on any atom is -0.271 e. The van der Waals surface area contributed by atoms with Gasteiger partial charge in [0.05, 0.1) is 6.54 Å². The summed E-state index contributed by atoms with van der Waals surface area (Å²) >= 11 is 16.6. The van der Waals surface area contributed by atoms with Crippen molar-refractivity contribution >= 4 is 47.2 Å². The summed E-state index contributed by atoms with van der Waals surface area (Å²) in [5.74, 6) is 0.608. The van der Waals surface area contributed by atoms with Gasteiger partial charge in [-0.05, 0) is 18.1 Å². The number of halogens is 2. The summed E-state index contributed by atoms with van der Waals surface area (Å²) in [5.41, 5.74) is 1.37. The Labute approximate surface area is 148 Å². The molecule has 0 fully saturated rings. The molecular formula is C15H14Cl2N4OS. The molecule has 0 aliphatic heterocycles. The zero-order valence-electron chi connectivity index (χ0n) is 12.3. The van der Waals surface area contributed by atoms with Crippen LogP contribution in [0.2, 0.25) is 10.2 Å². The first-order chi connectivity index (χ1) is 11.0. The first-order valence-electron chi connectivity index (χ1n) is 7.13. The molecular weight excluding hydrogens is 355 g/mol. The largest absolute Gasteiger partial charge is 0.340 e. The van der Waals surface area contributed by atoms with Crippen molar-refractivity contribution in [1.29, 1.82) is 0 Å². The Bertz CT molecular complexity index is 935. The number of imidazole rings is 1. The van der Waals surface area contributed by atoms with Crippen LogP contribution in [0.3, 0.4) is 0 Å². The van der Waals surface area contributed by atoms with Crippen LogP contribution in [0.15, 0.2) is 29.1 Å². The Morgan fingerprint density at radius 1 is 1.22 bits per heavy atom. The number of fused-ring (bicyclic) bond motifs is 1. The number of rotatable bonds is 4. The fourth-order valence-electron chi connectivity index (χ4n) is 2.40. The van der Waals surface area contributed by atoms with E-state index in [0.29, 0.717) is 35.0 Å². The summed E-state index contributed by atoms with van der Waals surface area (Å²) in [6, 6.07) is 7.37. The average molecular weight is 369 g/mol. The maximum absolute atomic E-state index is 12.5. The Balaban J connectivity index is 2.21. The molecule has 0 amide bonds. The van der Waals surface area contributed by atoms with Gasteiger partial charge >= 0.3 is 5.69 Å². The van der Waals surface area contributed by atoms with E-state index in [-0.39, 0.29) is 10.8 Å². The van der Waals surface area contributed by atoms with Gasteiger partial charge in [-0.2, -0.15) is 0 Å². The lowest BCUT2D eigenvalue weighted by Crippen LogP contribution is -2.21. The fraction of sp³-hybridized carbons (Fsp3) is 0.267. The lowest BCUT2D eigenvalue weighted by molar-refractivity contribution is 0.763. The van der Waals surface area contributed by atoms with Crippen LogP contribution in [-0.4, -0.2) is 18.5 Å². The van der Waals surface area contributed by atoms with Gasteiger partial charge in [0.15, 0.2) is 10.8 Å². The van der Waals surface area contributed by atoms with E-state index in [2.05, 4.69) is 22.8 Å². The van der Waals surface area contributed by atoms with Crippen molar-refractivity contribution in [2.75, 3.05) is 0 Å². The summed E-state index contributed by atoms with van der Waals surface area (Å²) in [7, 11) is 0. The molecule has 5 nitrogen and oxygen atoms in total. The van der Waals surface area contributed by atoms with Crippen LogP contribution >= 0.6 is 36.0 Å². The lowest BCUT2D eigenvalue weighted by Gasteiger charge is -2.06. The first kappa shape index (κ1) is 16.4. The van der Waals surface area contributed by atoms with E-state index in [1.54, 1.807) is 6.07 Å². The summed E-state index contributed by atoms with van der Waals surface area (Å²) in [5, 5.41) is 0.817. The molecule has 0 atom stereocenters. The third kappa shape index (κ3) is 2.98. The molecule has 2 aromatic heterocycles. The number of aromatic nitrogens is 4. The van der Waals surface area contributed by atoms with Gasteiger partial charge in [-0.1, -0.05) is 61.1 Å². The number of hydrogen-bond donors (Lipinski definition) is 1. The standard InChI is InChI=1S/C15H14Cl2N4OS/c1-2-5-11-18-13(17)12-14(19-11)20(15(22)21(12)23)8-9-6-3-4-7-10(9)16/h3-4,6-7,23H,2,5,8H2,1H3. The molecule has 2 heterocycles. The minimum atomic E-state index is -0.326. The molecule has 0 radical (unpaired) electrons. The van der Waals surface area contributed by atoms with Crippen molar-refractivity contribution in [2.45, 2.75) is 26.3 Å². The van der Waals surface area contributed by atoms with Crippen molar-refractivity contribution in [3.8, 4) is 0 Å². The number of hydrogen-bond acceptors (Lipinski definition) is 4. The number of thiol groups is 1. The fourth-order valence-corrected chi connectivity index (χ4v) is 3.22. The van der Waals surface area contributed by atoms with Gasteiger partial charge in [0.1, 0.15) is 11.3 Å². The van der Waals surface area contributed by atoms with Crippen molar-refractivity contribution < 1.29 is 0 Å². The molecule has 3 rings (SSSR count). The van der Waals surface area contributed by atoms with Crippen molar-refractivity contribution in [3.05, 3.63) is 56.3 Å². The Morgan fingerprint density at radius 2 is 1.96 bits per heavy atom. The molecule has 0 saturated heterocycles. The second-order valence-corrected chi connectivity index (χ2v) is 6.29. The molecule has 8 heteroatoms. The lowest BCUT2D eigenvalue weighted by atomic mass is 10.2. The van der Waals surface area contributed by atoms with Gasteiger partial charge in [-0.15, -0.1) is 0 Å². The van der Waals surface area contributed by atoms with E-state index in [1.165, 1.54) is 8.54 Å². The van der Waals surface area contributed by atoms with E-state index in [1.807, 2.05) is 25.1 Å². The summed E-state index contributed by atoms with van der Waals surface area (Å²) in [6.45, 7) is 2.32. The van der Waals surface area contributed by atoms with Gasteiger partial charge in [0.25, 0.3) is 0 Å². The van der Waals surface area contributed by atoms with E-state index in [0.717, 1.165) is 12.0 Å². The zero-order valence-corrected chi connectivity index (χ0v) is 14.7. The molecule has 0 aliphatic rings. The highest BCUT2D eigenvalue weighted by Gasteiger charge is 2.18. The second kappa shape index (κ2) is 6.55. The predicted octanol–water partition coefficient (Wildman–Crippen LogP) is 3.59. The van der Waals surface area contributed by atoms with Crippen molar-refractivity contribution in [3.63, 3.8) is 0 Å². The molecule has 0 saturated carbocycles. The van der Waals surface area contributed by atoms with E-state index in [4.69, 9.17) is 23.2 Å². The number of aryl methyl sites for hydroxylation is 1. The van der Waals surface area contributed by atoms with Gasteiger partial charge in [-0.3, -0.25) is 4.57 Å².